The van der Waals surface area contributed by atoms with E-state index in [-0.39, 0.29) is 31.2 Å². The highest BCUT2D eigenvalue weighted by Crippen LogP contribution is 2.31. The zero-order chi connectivity index (χ0) is 14.9. The van der Waals surface area contributed by atoms with Gasteiger partial charge in [0.05, 0.1) is 11.5 Å². The summed E-state index contributed by atoms with van der Waals surface area (Å²) in [4.78, 5) is 33.6. The van der Waals surface area contributed by atoms with Gasteiger partial charge in [-0.25, -0.2) is 9.18 Å². The SMILES string of the molecule is O=C1CN(c2cc(F)c(C(=O)O)cc2[N+](=O)[O-])CCN1. The zero-order valence-electron chi connectivity index (χ0n) is 10.1. The summed E-state index contributed by atoms with van der Waals surface area (Å²) in [6.07, 6.45) is 0. The number of rotatable bonds is 3. The number of nitro benzene ring substituents is 1. The van der Waals surface area contributed by atoms with Gasteiger partial charge in [-0.15, -0.1) is 0 Å². The molecule has 0 spiro atoms. The van der Waals surface area contributed by atoms with Crippen LogP contribution in [0.3, 0.4) is 0 Å². The van der Waals surface area contributed by atoms with Crippen molar-refractivity contribution in [3.05, 3.63) is 33.6 Å². The number of piperazine rings is 1. The Morgan fingerprint density at radius 3 is 2.75 bits per heavy atom. The first-order valence-electron chi connectivity index (χ1n) is 5.63. The lowest BCUT2D eigenvalue weighted by molar-refractivity contribution is -0.384. The van der Waals surface area contributed by atoms with Crippen LogP contribution in [0.5, 0.6) is 0 Å². The molecule has 20 heavy (non-hydrogen) atoms. The highest BCUT2D eigenvalue weighted by atomic mass is 19.1. The molecule has 8 nitrogen and oxygen atoms in total. The summed E-state index contributed by atoms with van der Waals surface area (Å²) in [5.74, 6) is -3.01. The van der Waals surface area contributed by atoms with E-state index in [0.717, 1.165) is 6.07 Å². The van der Waals surface area contributed by atoms with Crippen molar-refractivity contribution in [2.45, 2.75) is 0 Å². The lowest BCUT2D eigenvalue weighted by atomic mass is 10.1. The van der Waals surface area contributed by atoms with Crippen molar-refractivity contribution < 1.29 is 24.0 Å². The molecule has 1 aromatic carbocycles. The van der Waals surface area contributed by atoms with Gasteiger partial charge in [0.2, 0.25) is 5.91 Å². The van der Waals surface area contributed by atoms with Gasteiger partial charge < -0.3 is 15.3 Å². The Bertz CT molecular complexity index is 604. The molecule has 2 N–H and O–H groups in total. The van der Waals surface area contributed by atoms with Crippen LogP contribution in [-0.2, 0) is 4.79 Å². The summed E-state index contributed by atoms with van der Waals surface area (Å²) in [7, 11) is 0. The molecule has 1 aliphatic heterocycles. The summed E-state index contributed by atoms with van der Waals surface area (Å²) in [6, 6.07) is 1.44. The van der Waals surface area contributed by atoms with Gasteiger partial charge in [-0.05, 0) is 0 Å². The maximum absolute atomic E-state index is 13.7. The first-order chi connectivity index (χ1) is 9.40. The van der Waals surface area contributed by atoms with Crippen molar-refractivity contribution in [1.29, 1.82) is 0 Å². The van der Waals surface area contributed by atoms with Gasteiger partial charge in [0.1, 0.15) is 17.1 Å². The standard InChI is InChI=1S/C11H10FN3O5/c12-7-4-8(14-2-1-13-10(16)5-14)9(15(19)20)3-6(7)11(17)18/h3-4H,1-2,5H2,(H,13,16)(H,17,18). The Labute approximate surface area is 111 Å². The monoisotopic (exact) mass is 283 g/mol. The van der Waals surface area contributed by atoms with Crippen molar-refractivity contribution in [3.8, 4) is 0 Å². The maximum Gasteiger partial charge on any atom is 0.338 e. The number of carboxylic acids is 1. The minimum absolute atomic E-state index is 0.104. The third-order valence-corrected chi connectivity index (χ3v) is 2.87. The van der Waals surface area contributed by atoms with Gasteiger partial charge in [-0.3, -0.25) is 14.9 Å². The number of halogens is 1. The van der Waals surface area contributed by atoms with Crippen LogP contribution in [0.25, 0.3) is 0 Å². The predicted molar refractivity (Wildman–Crippen MR) is 65.2 cm³/mol. The third kappa shape index (κ3) is 2.51. The molecule has 1 saturated heterocycles. The van der Waals surface area contributed by atoms with Crippen molar-refractivity contribution in [2.75, 3.05) is 24.5 Å². The molecule has 0 aliphatic carbocycles. The second-order valence-corrected chi connectivity index (χ2v) is 4.15. The van der Waals surface area contributed by atoms with Gasteiger partial charge in [-0.2, -0.15) is 0 Å². The second-order valence-electron chi connectivity index (χ2n) is 4.15. The van der Waals surface area contributed by atoms with Crippen LogP contribution in [0, 0.1) is 15.9 Å². The number of hydrogen-bond donors (Lipinski definition) is 2. The lowest BCUT2D eigenvalue weighted by Crippen LogP contribution is -2.47. The molecule has 0 saturated carbocycles. The molecule has 0 bridgehead atoms. The molecule has 9 heteroatoms. The molecule has 1 fully saturated rings. The number of amides is 1. The number of nitrogens with one attached hydrogen (secondary N) is 1. The highest BCUT2D eigenvalue weighted by Gasteiger charge is 2.27. The Hall–Kier alpha value is -2.71. The maximum atomic E-state index is 13.7. The Balaban J connectivity index is 2.51. The number of aromatic carboxylic acids is 1. The van der Waals surface area contributed by atoms with E-state index in [4.69, 9.17) is 5.11 Å². The molecule has 2 rings (SSSR count). The van der Waals surface area contributed by atoms with E-state index in [1.54, 1.807) is 0 Å². The van der Waals surface area contributed by atoms with E-state index in [1.807, 2.05) is 0 Å². The van der Waals surface area contributed by atoms with E-state index < -0.39 is 28.0 Å². The number of carboxylic acid groups (broad SMARTS) is 1. The minimum Gasteiger partial charge on any atom is -0.478 e. The molecule has 0 radical (unpaired) electrons. The van der Waals surface area contributed by atoms with Crippen LogP contribution in [0.15, 0.2) is 12.1 Å². The van der Waals surface area contributed by atoms with Crippen LogP contribution in [-0.4, -0.2) is 41.5 Å². The van der Waals surface area contributed by atoms with Crippen LogP contribution < -0.4 is 10.2 Å². The molecule has 0 aromatic heterocycles. The van der Waals surface area contributed by atoms with Gasteiger partial charge >= 0.3 is 5.97 Å². The highest BCUT2D eigenvalue weighted by molar-refractivity contribution is 5.91. The van der Waals surface area contributed by atoms with Crippen molar-refractivity contribution >= 4 is 23.3 Å². The smallest absolute Gasteiger partial charge is 0.338 e. The van der Waals surface area contributed by atoms with Crippen LogP contribution in [0.2, 0.25) is 0 Å². The Kier molecular flexibility index (Phi) is 3.51. The topological polar surface area (TPSA) is 113 Å². The molecule has 1 aliphatic rings. The molecule has 106 valence electrons. The lowest BCUT2D eigenvalue weighted by Gasteiger charge is -2.28. The van der Waals surface area contributed by atoms with Crippen LogP contribution in [0.4, 0.5) is 15.8 Å². The predicted octanol–water partition coefficient (Wildman–Crippen LogP) is 0.368. The average molecular weight is 283 g/mol. The fraction of sp³-hybridized carbons (Fsp3) is 0.273. The van der Waals surface area contributed by atoms with Gasteiger partial charge in [0.25, 0.3) is 5.69 Å². The summed E-state index contributed by atoms with van der Waals surface area (Å²) < 4.78 is 13.7. The first-order valence-corrected chi connectivity index (χ1v) is 5.63. The third-order valence-electron chi connectivity index (χ3n) is 2.87. The Morgan fingerprint density at radius 1 is 1.50 bits per heavy atom. The number of nitrogens with zero attached hydrogens (tertiary/aromatic N) is 2. The fourth-order valence-electron chi connectivity index (χ4n) is 1.96. The van der Waals surface area contributed by atoms with Crippen LogP contribution >= 0.6 is 0 Å². The molecule has 1 amide bonds. The van der Waals surface area contributed by atoms with E-state index in [0.29, 0.717) is 6.07 Å². The number of nitro groups is 1. The number of anilines is 1. The Morgan fingerprint density at radius 2 is 2.20 bits per heavy atom. The number of carbonyl (C=O) groups is 2. The second kappa shape index (κ2) is 5.11. The zero-order valence-corrected chi connectivity index (χ0v) is 10.1. The van der Waals surface area contributed by atoms with Gasteiger partial charge in [0.15, 0.2) is 0 Å². The molecular weight excluding hydrogens is 273 g/mol. The molecule has 0 atom stereocenters. The largest absolute Gasteiger partial charge is 0.478 e. The number of benzene rings is 1. The number of hydrogen-bond acceptors (Lipinski definition) is 5. The molecule has 0 unspecified atom stereocenters. The number of carbonyl (C=O) groups excluding carboxylic acids is 1. The summed E-state index contributed by atoms with van der Waals surface area (Å²) >= 11 is 0. The van der Waals surface area contributed by atoms with E-state index in [2.05, 4.69) is 5.32 Å². The summed E-state index contributed by atoms with van der Waals surface area (Å²) in [5, 5.41) is 22.3. The van der Waals surface area contributed by atoms with Gasteiger partial charge in [0, 0.05) is 25.2 Å². The quantitative estimate of drug-likeness (QED) is 0.612. The molecule has 1 heterocycles. The van der Waals surface area contributed by atoms with Crippen molar-refractivity contribution in [1.82, 2.24) is 5.32 Å². The van der Waals surface area contributed by atoms with Crippen molar-refractivity contribution in [2.24, 2.45) is 0 Å². The molecular formula is C11H10FN3O5. The normalized spacial score (nSPS) is 14.8. The first kappa shape index (κ1) is 13.7. The summed E-state index contributed by atoms with van der Waals surface area (Å²) in [6.45, 7) is 0.406. The fourth-order valence-corrected chi connectivity index (χ4v) is 1.96. The minimum atomic E-state index is -1.59. The summed E-state index contributed by atoms with van der Waals surface area (Å²) in [5.41, 5.74) is -1.42. The van der Waals surface area contributed by atoms with E-state index >= 15 is 0 Å². The van der Waals surface area contributed by atoms with E-state index in [1.165, 1.54) is 4.90 Å². The average Bonchev–Trinajstić information content (AvgIpc) is 2.37. The van der Waals surface area contributed by atoms with Gasteiger partial charge in [-0.1, -0.05) is 0 Å². The van der Waals surface area contributed by atoms with Crippen LogP contribution in [0.1, 0.15) is 10.4 Å². The van der Waals surface area contributed by atoms with Crippen molar-refractivity contribution in [3.63, 3.8) is 0 Å². The van der Waals surface area contributed by atoms with E-state index in [9.17, 15) is 24.1 Å². The molecule has 1 aromatic rings.